The molecule has 0 spiro atoms. The molecule has 1 heterocycles. The third-order valence-electron chi connectivity index (χ3n) is 4.76. The number of rotatable bonds is 5. The normalized spacial score (nSPS) is 14.0. The van der Waals surface area contributed by atoms with E-state index in [4.69, 9.17) is 4.74 Å². The first-order chi connectivity index (χ1) is 12.9. The number of halogens is 3. The highest BCUT2D eigenvalue weighted by Gasteiger charge is 2.30. The van der Waals surface area contributed by atoms with Crippen molar-refractivity contribution in [1.82, 2.24) is 4.90 Å². The number of ether oxygens (including phenoxy) is 1. The highest BCUT2D eigenvalue weighted by atomic mass is 19.4. The summed E-state index contributed by atoms with van der Waals surface area (Å²) < 4.78 is 43.3. The third-order valence-corrected chi connectivity index (χ3v) is 4.76. The lowest BCUT2D eigenvalue weighted by Gasteiger charge is -2.29. The van der Waals surface area contributed by atoms with Crippen molar-refractivity contribution in [3.8, 4) is 5.75 Å². The first-order valence-electron chi connectivity index (χ1n) is 9.05. The summed E-state index contributed by atoms with van der Waals surface area (Å²) in [5.74, 6) is 0.817. The lowest BCUT2D eigenvalue weighted by molar-refractivity contribution is -0.137. The van der Waals surface area contributed by atoms with Crippen molar-refractivity contribution in [3.63, 3.8) is 0 Å². The number of hydrogen-bond acceptors (Lipinski definition) is 2. The van der Waals surface area contributed by atoms with Crippen LogP contribution in [-0.4, -0.2) is 24.0 Å². The summed E-state index contributed by atoms with van der Waals surface area (Å²) >= 11 is 0. The van der Waals surface area contributed by atoms with E-state index in [1.54, 1.807) is 0 Å². The minimum Gasteiger partial charge on any atom is -0.494 e. The summed E-state index contributed by atoms with van der Waals surface area (Å²) in [6.07, 6.45) is -2.82. The largest absolute Gasteiger partial charge is 0.494 e. The molecule has 0 aromatic heterocycles. The number of carbonyl (C=O) groups is 1. The minimum atomic E-state index is -4.34. The molecule has 2 aromatic rings. The molecular formula is C21H22F3NO2. The van der Waals surface area contributed by atoms with Crippen LogP contribution in [0.4, 0.5) is 13.2 Å². The zero-order chi connectivity index (χ0) is 19.4. The number of alkyl halides is 3. The van der Waals surface area contributed by atoms with E-state index in [2.05, 4.69) is 0 Å². The Hall–Kier alpha value is -2.50. The van der Waals surface area contributed by atoms with E-state index in [0.717, 1.165) is 35.4 Å². The van der Waals surface area contributed by atoms with E-state index < -0.39 is 11.7 Å². The van der Waals surface area contributed by atoms with Gasteiger partial charge < -0.3 is 9.64 Å². The Balaban J connectivity index is 1.58. The van der Waals surface area contributed by atoms with Crippen molar-refractivity contribution in [2.24, 2.45) is 0 Å². The fourth-order valence-electron chi connectivity index (χ4n) is 3.27. The van der Waals surface area contributed by atoms with Crippen LogP contribution in [0.2, 0.25) is 0 Å². The molecular weight excluding hydrogens is 355 g/mol. The van der Waals surface area contributed by atoms with Crippen LogP contribution in [0.3, 0.4) is 0 Å². The van der Waals surface area contributed by atoms with E-state index in [1.165, 1.54) is 17.7 Å². The number of benzene rings is 2. The van der Waals surface area contributed by atoms with Crippen LogP contribution in [0.5, 0.6) is 5.75 Å². The molecule has 0 fully saturated rings. The highest BCUT2D eigenvalue weighted by Crippen LogP contribution is 2.29. The second-order valence-corrected chi connectivity index (χ2v) is 6.62. The van der Waals surface area contributed by atoms with Crippen molar-refractivity contribution in [2.45, 2.75) is 38.9 Å². The molecule has 0 radical (unpaired) electrons. The van der Waals surface area contributed by atoms with E-state index in [1.807, 2.05) is 30.0 Å². The summed E-state index contributed by atoms with van der Waals surface area (Å²) in [4.78, 5) is 14.3. The van der Waals surface area contributed by atoms with Gasteiger partial charge in [0.2, 0.25) is 5.91 Å². The predicted molar refractivity (Wildman–Crippen MR) is 96.5 cm³/mol. The van der Waals surface area contributed by atoms with Crippen molar-refractivity contribution in [1.29, 1.82) is 0 Å². The van der Waals surface area contributed by atoms with Crippen LogP contribution in [0, 0.1) is 0 Å². The maximum absolute atomic E-state index is 12.6. The molecule has 0 bridgehead atoms. The number of carbonyl (C=O) groups excluding carboxylic acids is 1. The second-order valence-electron chi connectivity index (χ2n) is 6.62. The molecule has 1 aliphatic rings. The van der Waals surface area contributed by atoms with Gasteiger partial charge in [0.05, 0.1) is 12.2 Å². The molecule has 3 nitrogen and oxygen atoms in total. The molecule has 0 atom stereocenters. The fourth-order valence-corrected chi connectivity index (χ4v) is 3.27. The van der Waals surface area contributed by atoms with E-state index in [0.29, 0.717) is 26.1 Å². The van der Waals surface area contributed by atoms with Gasteiger partial charge >= 0.3 is 6.18 Å². The van der Waals surface area contributed by atoms with Gasteiger partial charge in [0.1, 0.15) is 5.75 Å². The van der Waals surface area contributed by atoms with E-state index >= 15 is 0 Å². The van der Waals surface area contributed by atoms with Gasteiger partial charge in [0.25, 0.3) is 0 Å². The predicted octanol–water partition coefficient (Wildman–Crippen LogP) is 4.62. The van der Waals surface area contributed by atoms with Crippen LogP contribution in [0.25, 0.3) is 0 Å². The Labute approximate surface area is 156 Å². The number of nitrogens with zero attached hydrogens (tertiary/aromatic N) is 1. The topological polar surface area (TPSA) is 29.5 Å². The Bertz CT molecular complexity index is 800. The molecule has 27 heavy (non-hydrogen) atoms. The van der Waals surface area contributed by atoms with Gasteiger partial charge in [-0.1, -0.05) is 18.2 Å². The van der Waals surface area contributed by atoms with Gasteiger partial charge in [-0.3, -0.25) is 4.79 Å². The van der Waals surface area contributed by atoms with Gasteiger partial charge in [-0.25, -0.2) is 0 Å². The van der Waals surface area contributed by atoms with Crippen LogP contribution in [-0.2, 0) is 30.4 Å². The van der Waals surface area contributed by atoms with Crippen molar-refractivity contribution < 1.29 is 22.7 Å². The Kier molecular flexibility index (Phi) is 5.73. The molecule has 1 amide bonds. The maximum Gasteiger partial charge on any atom is 0.416 e. The molecule has 0 N–H and O–H groups in total. The summed E-state index contributed by atoms with van der Waals surface area (Å²) in [5, 5.41) is 0. The molecule has 0 saturated carbocycles. The Morgan fingerprint density at radius 2 is 1.85 bits per heavy atom. The van der Waals surface area contributed by atoms with Crippen LogP contribution in [0.15, 0.2) is 42.5 Å². The van der Waals surface area contributed by atoms with E-state index in [9.17, 15) is 18.0 Å². The molecule has 0 saturated heterocycles. The average molecular weight is 377 g/mol. The summed E-state index contributed by atoms with van der Waals surface area (Å²) in [6, 6.07) is 11.0. The SMILES string of the molecule is CCOc1ccc2c(c1)CN(C(=O)CCc1ccc(C(F)(F)F)cc1)CC2. The molecule has 1 aliphatic heterocycles. The van der Waals surface area contributed by atoms with Crippen molar-refractivity contribution in [2.75, 3.05) is 13.2 Å². The quantitative estimate of drug-likeness (QED) is 0.761. The molecule has 2 aromatic carbocycles. The third kappa shape index (κ3) is 4.81. The molecule has 6 heteroatoms. The first kappa shape index (κ1) is 19.3. The fraction of sp³-hybridized carbons (Fsp3) is 0.381. The van der Waals surface area contributed by atoms with Crippen molar-refractivity contribution in [3.05, 3.63) is 64.7 Å². The zero-order valence-corrected chi connectivity index (χ0v) is 15.2. The smallest absolute Gasteiger partial charge is 0.416 e. The molecule has 3 rings (SSSR count). The molecule has 0 unspecified atom stereocenters. The first-order valence-corrected chi connectivity index (χ1v) is 9.05. The Morgan fingerprint density at radius 1 is 1.11 bits per heavy atom. The standard InChI is InChI=1S/C21H22F3NO2/c1-2-27-19-9-6-16-11-12-25(14-17(16)13-19)20(26)10-5-15-3-7-18(8-4-15)21(22,23)24/h3-4,6-9,13H,2,5,10-12,14H2,1H3. The minimum absolute atomic E-state index is 0.0161. The van der Waals surface area contributed by atoms with Gasteiger partial charge in [0.15, 0.2) is 0 Å². The van der Waals surface area contributed by atoms with Crippen LogP contribution in [0.1, 0.15) is 35.6 Å². The van der Waals surface area contributed by atoms with Gasteiger partial charge in [-0.05, 0) is 60.7 Å². The lowest BCUT2D eigenvalue weighted by Crippen LogP contribution is -2.36. The highest BCUT2D eigenvalue weighted by molar-refractivity contribution is 5.76. The summed E-state index contributed by atoms with van der Waals surface area (Å²) in [5.41, 5.74) is 2.38. The average Bonchev–Trinajstić information content (AvgIpc) is 2.65. The van der Waals surface area contributed by atoms with E-state index in [-0.39, 0.29) is 12.3 Å². The molecule has 0 aliphatic carbocycles. The lowest BCUT2D eigenvalue weighted by atomic mass is 9.98. The number of fused-ring (bicyclic) bond motifs is 1. The number of hydrogen-bond donors (Lipinski definition) is 0. The number of aryl methyl sites for hydroxylation is 1. The van der Waals surface area contributed by atoms with Crippen LogP contribution >= 0.6 is 0 Å². The van der Waals surface area contributed by atoms with Gasteiger partial charge in [-0.2, -0.15) is 13.2 Å². The maximum atomic E-state index is 12.6. The monoisotopic (exact) mass is 377 g/mol. The van der Waals surface area contributed by atoms with Gasteiger partial charge in [-0.15, -0.1) is 0 Å². The van der Waals surface area contributed by atoms with Crippen molar-refractivity contribution >= 4 is 5.91 Å². The second kappa shape index (κ2) is 8.03. The van der Waals surface area contributed by atoms with Crippen LogP contribution < -0.4 is 4.74 Å². The number of amides is 1. The molecule has 144 valence electrons. The Morgan fingerprint density at radius 3 is 2.52 bits per heavy atom. The summed E-state index contributed by atoms with van der Waals surface area (Å²) in [6.45, 7) is 3.72. The zero-order valence-electron chi connectivity index (χ0n) is 15.2. The van der Waals surface area contributed by atoms with Gasteiger partial charge in [0, 0.05) is 19.5 Å². The summed E-state index contributed by atoms with van der Waals surface area (Å²) in [7, 11) is 0.